The van der Waals surface area contributed by atoms with E-state index in [1.54, 1.807) is 42.5 Å². The third-order valence-electron chi connectivity index (χ3n) is 5.00. The molecule has 0 spiro atoms. The number of amides is 2. The molecular formula is C25H21F4N5O2. The first-order chi connectivity index (χ1) is 17.0. The van der Waals surface area contributed by atoms with Gasteiger partial charge in [-0.3, -0.25) is 14.6 Å². The summed E-state index contributed by atoms with van der Waals surface area (Å²) in [5, 5.41) is 2.44. The first-order valence-corrected chi connectivity index (χ1v) is 10.4. The first kappa shape index (κ1) is 26.1. The maximum atomic E-state index is 14.8. The second-order valence-corrected chi connectivity index (χ2v) is 7.57. The van der Waals surface area contributed by atoms with Crippen molar-refractivity contribution >= 4 is 29.5 Å². The molecule has 186 valence electrons. The zero-order valence-electron chi connectivity index (χ0n) is 18.9. The van der Waals surface area contributed by atoms with Gasteiger partial charge in [0.15, 0.2) is 0 Å². The van der Waals surface area contributed by atoms with E-state index in [1.807, 2.05) is 0 Å². The van der Waals surface area contributed by atoms with E-state index in [1.165, 1.54) is 13.3 Å². The molecule has 0 aliphatic carbocycles. The zero-order valence-corrected chi connectivity index (χ0v) is 18.9. The highest BCUT2D eigenvalue weighted by atomic mass is 19.4. The molecule has 2 aromatic carbocycles. The van der Waals surface area contributed by atoms with Crippen molar-refractivity contribution in [3.63, 3.8) is 0 Å². The smallest absolute Gasteiger partial charge is 0.398 e. The Morgan fingerprint density at radius 2 is 1.75 bits per heavy atom. The molecule has 1 aromatic heterocycles. The van der Waals surface area contributed by atoms with Crippen LogP contribution in [0.25, 0.3) is 16.8 Å². The van der Waals surface area contributed by atoms with Crippen molar-refractivity contribution in [3.05, 3.63) is 88.9 Å². The molecule has 0 aliphatic rings. The lowest BCUT2D eigenvalue weighted by atomic mass is 9.99. The topological polar surface area (TPSA) is 123 Å². The molecule has 2 amide bonds. The summed E-state index contributed by atoms with van der Waals surface area (Å²) in [7, 11) is 1.39. The molecule has 0 bridgehead atoms. The summed E-state index contributed by atoms with van der Waals surface area (Å²) in [5.41, 5.74) is 9.32. The Morgan fingerprint density at radius 1 is 1.06 bits per heavy atom. The van der Waals surface area contributed by atoms with Gasteiger partial charge in [-0.05, 0) is 35.9 Å². The molecule has 5 N–H and O–H groups in total. The fourth-order valence-corrected chi connectivity index (χ4v) is 3.36. The van der Waals surface area contributed by atoms with E-state index >= 15 is 0 Å². The van der Waals surface area contributed by atoms with Crippen LogP contribution >= 0.6 is 0 Å². The molecule has 0 saturated carbocycles. The van der Waals surface area contributed by atoms with Crippen molar-refractivity contribution in [1.82, 2.24) is 4.98 Å². The van der Waals surface area contributed by atoms with Gasteiger partial charge in [0.25, 0.3) is 5.91 Å². The minimum atomic E-state index is -4.93. The molecule has 11 heteroatoms. The number of alkyl halides is 3. The summed E-state index contributed by atoms with van der Waals surface area (Å²) in [6, 6.07) is 12.8. The summed E-state index contributed by atoms with van der Waals surface area (Å²) in [4.78, 5) is 32.3. The molecule has 0 unspecified atom stereocenters. The number of aromatic nitrogens is 1. The van der Waals surface area contributed by atoms with Crippen molar-refractivity contribution in [2.75, 3.05) is 12.4 Å². The van der Waals surface area contributed by atoms with Crippen LogP contribution in [0, 0.1) is 5.82 Å². The van der Waals surface area contributed by atoms with Crippen LogP contribution in [-0.2, 0) is 17.4 Å². The second kappa shape index (κ2) is 10.8. The molecule has 0 radical (unpaired) electrons. The molecule has 3 aromatic rings. The number of aliphatic imine (C=N–C) groups is 1. The van der Waals surface area contributed by atoms with E-state index in [4.69, 9.17) is 11.5 Å². The number of rotatable bonds is 7. The SMILES string of the molecule is CN=CC=C(N)c1cc(C(=O)Nc2nc(CC(N)=O)ccc2-c2ccccc2)c(F)cc1C(F)(F)F. The van der Waals surface area contributed by atoms with Crippen LogP contribution in [0.1, 0.15) is 27.2 Å². The number of hydrogen-bond donors (Lipinski definition) is 3. The number of carbonyl (C=O) groups is 2. The van der Waals surface area contributed by atoms with Crippen LogP contribution in [-0.4, -0.2) is 30.1 Å². The normalized spacial score (nSPS) is 12.1. The average Bonchev–Trinajstić information content (AvgIpc) is 2.82. The molecule has 0 atom stereocenters. The molecule has 1 heterocycles. The maximum Gasteiger partial charge on any atom is 0.417 e. The Hall–Kier alpha value is -4.54. The molecule has 0 saturated heterocycles. The Balaban J connectivity index is 2.10. The number of halogens is 4. The number of nitrogens with two attached hydrogens (primary N) is 2. The molecular weight excluding hydrogens is 478 g/mol. The van der Waals surface area contributed by atoms with Crippen molar-refractivity contribution in [2.24, 2.45) is 16.5 Å². The highest BCUT2D eigenvalue weighted by molar-refractivity contribution is 6.06. The van der Waals surface area contributed by atoms with E-state index < -0.39 is 40.5 Å². The third kappa shape index (κ3) is 6.12. The summed E-state index contributed by atoms with van der Waals surface area (Å²) in [5.74, 6) is -3.17. The van der Waals surface area contributed by atoms with Crippen LogP contribution in [0.15, 0.2) is 65.7 Å². The van der Waals surface area contributed by atoms with E-state index in [2.05, 4.69) is 15.3 Å². The fourth-order valence-electron chi connectivity index (χ4n) is 3.36. The number of carbonyl (C=O) groups excluding carboxylic acids is 2. The number of nitrogens with zero attached hydrogens (tertiary/aromatic N) is 2. The van der Waals surface area contributed by atoms with Gasteiger partial charge in [-0.1, -0.05) is 30.3 Å². The van der Waals surface area contributed by atoms with Crippen molar-refractivity contribution < 1.29 is 27.2 Å². The second-order valence-electron chi connectivity index (χ2n) is 7.57. The number of primary amides is 1. The predicted octanol–water partition coefficient (Wildman–Crippen LogP) is 4.19. The van der Waals surface area contributed by atoms with Gasteiger partial charge in [-0.15, -0.1) is 0 Å². The number of allylic oxidation sites excluding steroid dienone is 1. The average molecular weight is 499 g/mol. The quantitative estimate of drug-likeness (QED) is 0.333. The number of nitrogens with one attached hydrogen (secondary N) is 1. The molecule has 36 heavy (non-hydrogen) atoms. The van der Waals surface area contributed by atoms with Crippen LogP contribution < -0.4 is 16.8 Å². The highest BCUT2D eigenvalue weighted by Gasteiger charge is 2.36. The zero-order chi connectivity index (χ0) is 26.5. The van der Waals surface area contributed by atoms with Crippen molar-refractivity contribution in [1.29, 1.82) is 0 Å². The standard InChI is InChI=1S/C25H21F4N5O2/c1-32-10-9-21(30)17-12-18(20(26)13-19(17)25(27,28)29)24(36)34-23-16(14-5-3-2-4-6-14)8-7-15(33-23)11-22(31)35/h2-10,12-13H,11,30H2,1H3,(H2,31,35)(H,33,34,36). The third-order valence-corrected chi connectivity index (χ3v) is 5.00. The van der Waals surface area contributed by atoms with E-state index in [0.717, 1.165) is 12.1 Å². The van der Waals surface area contributed by atoms with Crippen LogP contribution in [0.2, 0.25) is 0 Å². The van der Waals surface area contributed by atoms with Gasteiger partial charge >= 0.3 is 6.18 Å². The van der Waals surface area contributed by atoms with E-state index in [0.29, 0.717) is 11.1 Å². The van der Waals surface area contributed by atoms with Crippen LogP contribution in [0.5, 0.6) is 0 Å². The van der Waals surface area contributed by atoms with Crippen molar-refractivity contribution in [3.8, 4) is 11.1 Å². The molecule has 3 rings (SSSR count). The first-order valence-electron chi connectivity index (χ1n) is 10.4. The summed E-state index contributed by atoms with van der Waals surface area (Å²) in [6.45, 7) is 0. The van der Waals surface area contributed by atoms with Crippen molar-refractivity contribution in [2.45, 2.75) is 12.6 Å². The minimum absolute atomic E-state index is 0.0348. The van der Waals surface area contributed by atoms with Gasteiger partial charge in [-0.2, -0.15) is 13.2 Å². The Labute approximate surface area is 203 Å². The Kier molecular flexibility index (Phi) is 7.83. The van der Waals surface area contributed by atoms with Crippen LogP contribution in [0.3, 0.4) is 0 Å². The molecule has 0 fully saturated rings. The minimum Gasteiger partial charge on any atom is -0.398 e. The lowest BCUT2D eigenvalue weighted by molar-refractivity contribution is -0.138. The Bertz CT molecular complexity index is 1350. The lowest BCUT2D eigenvalue weighted by Crippen LogP contribution is -2.20. The number of anilines is 1. The largest absolute Gasteiger partial charge is 0.417 e. The van der Waals surface area contributed by atoms with Gasteiger partial charge in [0, 0.05) is 30.1 Å². The molecule has 0 aliphatic heterocycles. The fraction of sp³-hybridized carbons (Fsp3) is 0.120. The monoisotopic (exact) mass is 499 g/mol. The summed E-state index contributed by atoms with van der Waals surface area (Å²) >= 11 is 0. The summed E-state index contributed by atoms with van der Waals surface area (Å²) < 4.78 is 55.4. The maximum absolute atomic E-state index is 14.8. The summed E-state index contributed by atoms with van der Waals surface area (Å²) in [6.07, 6.45) is -2.89. The number of hydrogen-bond acceptors (Lipinski definition) is 5. The lowest BCUT2D eigenvalue weighted by Gasteiger charge is -2.16. The number of pyridine rings is 1. The highest BCUT2D eigenvalue weighted by Crippen LogP contribution is 2.36. The Morgan fingerprint density at radius 3 is 2.36 bits per heavy atom. The predicted molar refractivity (Wildman–Crippen MR) is 129 cm³/mol. The van der Waals surface area contributed by atoms with Crippen LogP contribution in [0.4, 0.5) is 23.4 Å². The number of benzene rings is 2. The van der Waals surface area contributed by atoms with Gasteiger partial charge in [0.2, 0.25) is 5.91 Å². The van der Waals surface area contributed by atoms with Gasteiger partial charge in [0.05, 0.1) is 23.2 Å². The van der Waals surface area contributed by atoms with E-state index in [-0.39, 0.29) is 29.7 Å². The molecule has 7 nitrogen and oxygen atoms in total. The van der Waals surface area contributed by atoms with Gasteiger partial charge in [-0.25, -0.2) is 9.37 Å². The van der Waals surface area contributed by atoms with Gasteiger partial charge in [0.1, 0.15) is 11.6 Å². The van der Waals surface area contributed by atoms with E-state index in [9.17, 15) is 27.2 Å². The van der Waals surface area contributed by atoms with Gasteiger partial charge < -0.3 is 16.8 Å².